The zero-order chi connectivity index (χ0) is 50.4. The van der Waals surface area contributed by atoms with Crippen molar-refractivity contribution in [2.75, 3.05) is 26.1 Å². The van der Waals surface area contributed by atoms with Crippen molar-refractivity contribution in [2.45, 2.75) is 186 Å². The molecule has 1 aromatic rings. The molecule has 384 valence electrons. The second-order valence-corrected chi connectivity index (χ2v) is 20.9. The number of piperidine rings is 1. The Hall–Kier alpha value is -4.05. The summed E-state index contributed by atoms with van der Waals surface area (Å²) in [6.07, 6.45) is 16.6. The number of carbonyl (C=O) groups excluding carboxylic acids is 4. The number of ether oxygens (including phenoxy) is 4. The molecule has 1 amide bonds. The molecule has 3 fully saturated rings. The molecule has 15 atom stereocenters. The summed E-state index contributed by atoms with van der Waals surface area (Å²) >= 11 is 0. The summed E-state index contributed by atoms with van der Waals surface area (Å²) < 4.78 is 24.1. The molecule has 3 aliphatic heterocycles. The summed E-state index contributed by atoms with van der Waals surface area (Å²) in [6.45, 7) is 13.6. The van der Waals surface area contributed by atoms with E-state index in [0.29, 0.717) is 82.0 Å². The van der Waals surface area contributed by atoms with Crippen LogP contribution in [0.5, 0.6) is 0 Å². The second-order valence-electron chi connectivity index (χ2n) is 20.9. The number of ketones is 2. The van der Waals surface area contributed by atoms with Gasteiger partial charge in [-0.05, 0) is 139 Å². The van der Waals surface area contributed by atoms with Crippen LogP contribution >= 0.6 is 0 Å². The predicted molar refractivity (Wildman–Crippen MR) is 266 cm³/mol. The van der Waals surface area contributed by atoms with Gasteiger partial charge in [-0.2, -0.15) is 0 Å². The fraction of sp³-hybridized carbons (Fsp3) is 0.691. The number of allylic oxidation sites excluding steroid dienone is 6. The first-order valence-corrected chi connectivity index (χ1v) is 25.7. The number of aliphatic hydroxyl groups is 3. The van der Waals surface area contributed by atoms with Crippen molar-refractivity contribution in [2.24, 2.45) is 35.5 Å². The van der Waals surface area contributed by atoms with Crippen LogP contribution in [0.1, 0.15) is 132 Å². The molecule has 69 heavy (non-hydrogen) atoms. The Bertz CT molecular complexity index is 1970. The van der Waals surface area contributed by atoms with Crippen molar-refractivity contribution >= 4 is 29.3 Å². The fourth-order valence-electron chi connectivity index (χ4n) is 10.9. The number of cyclic esters (lactones) is 1. The number of fused-ring (bicyclic) bond motifs is 3. The minimum Gasteiger partial charge on any atom is -0.461 e. The highest BCUT2D eigenvalue weighted by atomic mass is 16.6. The number of hydrogen-bond acceptors (Lipinski definition) is 13. The van der Waals surface area contributed by atoms with Gasteiger partial charge in [-0.3, -0.25) is 14.4 Å². The van der Waals surface area contributed by atoms with Gasteiger partial charge in [0.25, 0.3) is 11.7 Å². The fourth-order valence-corrected chi connectivity index (χ4v) is 10.9. The Balaban J connectivity index is 1.47. The van der Waals surface area contributed by atoms with E-state index in [-0.39, 0.29) is 54.1 Å². The number of methoxy groups -OCH3 is 2. The van der Waals surface area contributed by atoms with Crippen LogP contribution in [0.4, 0.5) is 5.82 Å². The number of Topliss-reactive ketones (excluding diaryl/α,β-unsaturated/α-hetero) is 2. The molecule has 0 aromatic carbocycles. The monoisotopic (exact) mass is 962 g/mol. The molecule has 2 saturated heterocycles. The van der Waals surface area contributed by atoms with Gasteiger partial charge in [-0.25, -0.2) is 9.78 Å². The number of anilines is 1. The summed E-state index contributed by atoms with van der Waals surface area (Å²) in [4.78, 5) is 62.9. The van der Waals surface area contributed by atoms with E-state index >= 15 is 0 Å². The average Bonchev–Trinajstić information content (AvgIpc) is 3.33. The maximum atomic E-state index is 14.5. The molecule has 14 heteroatoms. The number of hydrogen-bond donors (Lipinski definition) is 4. The highest BCUT2D eigenvalue weighted by Gasteiger charge is 2.53. The van der Waals surface area contributed by atoms with E-state index in [2.05, 4.69) is 17.2 Å². The van der Waals surface area contributed by atoms with Crippen molar-refractivity contribution in [1.29, 1.82) is 0 Å². The molecule has 3 unspecified atom stereocenters. The van der Waals surface area contributed by atoms with Crippen LogP contribution in [0.3, 0.4) is 0 Å². The average molecular weight is 962 g/mol. The largest absolute Gasteiger partial charge is 0.461 e. The molecule has 2 bridgehead atoms. The normalized spacial score (nSPS) is 38.6. The number of carbonyl (C=O) groups is 4. The molecule has 5 rings (SSSR count). The number of aliphatic hydroxyl groups excluding tert-OH is 2. The third-order valence-corrected chi connectivity index (χ3v) is 15.3. The van der Waals surface area contributed by atoms with Crippen LogP contribution in [0, 0.1) is 35.5 Å². The van der Waals surface area contributed by atoms with Crippen LogP contribution in [-0.2, 0) is 38.1 Å². The summed E-state index contributed by atoms with van der Waals surface area (Å²) in [5.41, 5.74) is 1.55. The van der Waals surface area contributed by atoms with Crippen molar-refractivity contribution in [3.05, 3.63) is 72.0 Å². The Labute approximate surface area is 411 Å². The van der Waals surface area contributed by atoms with E-state index in [4.69, 9.17) is 18.9 Å². The maximum absolute atomic E-state index is 14.5. The second kappa shape index (κ2) is 26.4. The highest BCUT2D eigenvalue weighted by Crippen LogP contribution is 2.38. The molecule has 1 saturated carbocycles. The first-order chi connectivity index (χ1) is 32.9. The van der Waals surface area contributed by atoms with Gasteiger partial charge in [0.15, 0.2) is 5.78 Å². The summed E-state index contributed by atoms with van der Waals surface area (Å²) in [5, 5.41) is 37.7. The van der Waals surface area contributed by atoms with Gasteiger partial charge in [0, 0.05) is 38.8 Å². The van der Waals surface area contributed by atoms with E-state index in [1.807, 2.05) is 82.4 Å². The summed E-state index contributed by atoms with van der Waals surface area (Å²) in [7, 11) is 3.05. The predicted octanol–water partition coefficient (Wildman–Crippen LogP) is 7.86. The quantitative estimate of drug-likeness (QED) is 0.117. The highest BCUT2D eigenvalue weighted by molar-refractivity contribution is 6.39. The zero-order valence-corrected chi connectivity index (χ0v) is 42.8. The number of nitrogens with one attached hydrogen (secondary N) is 1. The third kappa shape index (κ3) is 15.2. The first kappa shape index (κ1) is 55.9. The Morgan fingerprint density at radius 1 is 0.870 bits per heavy atom. The maximum Gasteiger partial charge on any atom is 0.329 e. The van der Waals surface area contributed by atoms with Crippen LogP contribution < -0.4 is 5.32 Å². The lowest BCUT2D eigenvalue weighted by Crippen LogP contribution is -2.61. The molecule has 0 radical (unpaired) electrons. The number of pyridine rings is 1. The van der Waals surface area contributed by atoms with Crippen LogP contribution in [0.15, 0.2) is 72.0 Å². The van der Waals surface area contributed by atoms with E-state index < -0.39 is 65.9 Å². The number of nitrogens with zero attached hydrogens (tertiary/aromatic N) is 2. The number of rotatable bonds is 7. The molecule has 4 N–H and O–H groups in total. The smallest absolute Gasteiger partial charge is 0.329 e. The lowest BCUT2D eigenvalue weighted by atomic mass is 9.78. The van der Waals surface area contributed by atoms with Gasteiger partial charge in [0.1, 0.15) is 30.2 Å². The number of aromatic nitrogens is 1. The molecule has 14 nitrogen and oxygen atoms in total. The van der Waals surface area contributed by atoms with Crippen molar-refractivity contribution in [3.8, 4) is 0 Å². The van der Waals surface area contributed by atoms with Gasteiger partial charge in [0.05, 0.1) is 24.4 Å². The molecule has 4 aliphatic rings. The zero-order valence-electron chi connectivity index (χ0n) is 42.8. The van der Waals surface area contributed by atoms with Gasteiger partial charge in [0.2, 0.25) is 5.79 Å². The minimum atomic E-state index is -2.41. The molecular formula is C55H83N3O11. The van der Waals surface area contributed by atoms with Crippen molar-refractivity contribution in [3.63, 3.8) is 0 Å². The molecule has 4 heterocycles. The Morgan fingerprint density at radius 2 is 1.64 bits per heavy atom. The van der Waals surface area contributed by atoms with E-state index in [1.165, 1.54) is 12.0 Å². The number of esters is 1. The van der Waals surface area contributed by atoms with E-state index in [0.717, 1.165) is 18.4 Å². The standard InChI is InChI=1S/C55H83N3O11/c1-34-17-11-10-12-18-36(3)43(57-48-20-13-15-27-56-48)33-42-24-22-40(7)55(65,69-42)52(62)53(63)58-28-16-14-19-44(58)54(64)68-46(37(4)31-41-23-25-45(59)47(32-41)66-8)26-21-35(2)30-39(6)50(61)51(67-9)49(60)38(5)29-34/h10-13,15,17-18,20,27,30,34-35,37-38,40-47,50-51,59,61,65H,14,16,19,21-26,28-29,31-33H2,1-9H3,(H,56,57)/b12-10+,17-11+,36-18+,39-30+/t34-,35+,37-,38-,40-,41?,42+,43?,44?,45-,46+,47-,50-,51+,55-/m1/s1. The van der Waals surface area contributed by atoms with Crippen LogP contribution in [-0.4, -0.2) is 124 Å². The molecule has 1 aliphatic carbocycles. The lowest BCUT2D eigenvalue weighted by molar-refractivity contribution is -0.263. The molecule has 0 spiro atoms. The third-order valence-electron chi connectivity index (χ3n) is 15.3. The summed E-state index contributed by atoms with van der Waals surface area (Å²) in [6, 6.07) is 4.21. The Kier molecular flexibility index (Phi) is 21.4. The van der Waals surface area contributed by atoms with Crippen LogP contribution in [0.25, 0.3) is 0 Å². The van der Waals surface area contributed by atoms with Gasteiger partial charge < -0.3 is 44.5 Å². The molecule has 1 aromatic heterocycles. The first-order valence-electron chi connectivity index (χ1n) is 25.7. The van der Waals surface area contributed by atoms with Gasteiger partial charge in [-0.1, -0.05) is 82.7 Å². The van der Waals surface area contributed by atoms with Crippen molar-refractivity contribution in [1.82, 2.24) is 9.88 Å². The molecular weight excluding hydrogens is 879 g/mol. The minimum absolute atomic E-state index is 0.0510. The topological polar surface area (TPSA) is 194 Å². The van der Waals surface area contributed by atoms with E-state index in [1.54, 1.807) is 27.2 Å². The van der Waals surface area contributed by atoms with Gasteiger partial charge in [-0.15, -0.1) is 0 Å². The van der Waals surface area contributed by atoms with Crippen molar-refractivity contribution < 1.29 is 53.4 Å². The lowest BCUT2D eigenvalue weighted by Gasteiger charge is -2.43. The Morgan fingerprint density at radius 3 is 2.35 bits per heavy atom. The van der Waals surface area contributed by atoms with Crippen LogP contribution in [0.2, 0.25) is 0 Å². The van der Waals surface area contributed by atoms with E-state index in [9.17, 15) is 34.5 Å². The SMILES string of the molecule is CO[C@@H]1CC(C[C@@H](C)[C@@H]2CC[C@H](C)/C=C(\C)[C@@H](O)[C@@H](OC)C(=O)[C@H](C)C[C@H](C)/C=C/C=C/C=C(\C)C(Nc3ccccn3)C[C@@H]3CC[C@@H](C)[C@@](O)(O3)C(=O)C(=O)N3CCCCC3C(=O)O2)CC[C@H]1O. The summed E-state index contributed by atoms with van der Waals surface area (Å²) in [5.74, 6) is -5.57. The number of amides is 1. The van der Waals surface area contributed by atoms with Gasteiger partial charge >= 0.3 is 5.97 Å².